The predicted molar refractivity (Wildman–Crippen MR) is 75.6 cm³/mol. The molecule has 0 spiro atoms. The molecule has 2 aromatic rings. The third-order valence-electron chi connectivity index (χ3n) is 2.54. The Kier molecular flexibility index (Phi) is 3.98. The number of nitriles is 1. The molecule has 19 heavy (non-hydrogen) atoms. The zero-order chi connectivity index (χ0) is 13.8. The van der Waals surface area contributed by atoms with Gasteiger partial charge >= 0.3 is 5.97 Å². The summed E-state index contributed by atoms with van der Waals surface area (Å²) in [6, 6.07) is 14.8. The number of rotatable bonds is 2. The Morgan fingerprint density at radius 1 is 1.26 bits per heavy atom. The Bertz CT molecular complexity index is 674. The first-order chi connectivity index (χ1) is 9.11. The SMILES string of the molecule is CC(=O)Oc1cc(-c2ccccc2C#N)ccc1Br. The molecule has 94 valence electrons. The number of benzene rings is 2. The standard InChI is InChI=1S/C15H10BrNO2/c1-10(18)19-15-8-11(6-7-14(15)16)13-5-3-2-4-12(13)9-17/h2-8H,1H3. The second-order valence-electron chi connectivity index (χ2n) is 3.90. The Morgan fingerprint density at radius 3 is 2.68 bits per heavy atom. The molecule has 0 N–H and O–H groups in total. The maximum Gasteiger partial charge on any atom is 0.308 e. The van der Waals surface area contributed by atoms with E-state index in [0.717, 1.165) is 11.1 Å². The van der Waals surface area contributed by atoms with Gasteiger partial charge in [0.15, 0.2) is 0 Å². The minimum Gasteiger partial charge on any atom is -0.425 e. The normalized spacial score (nSPS) is 9.74. The molecule has 0 aromatic heterocycles. The summed E-state index contributed by atoms with van der Waals surface area (Å²) in [6.45, 7) is 1.35. The number of halogens is 1. The van der Waals surface area contributed by atoms with E-state index >= 15 is 0 Å². The highest BCUT2D eigenvalue weighted by Crippen LogP contribution is 2.32. The van der Waals surface area contributed by atoms with Crippen LogP contribution in [0.5, 0.6) is 5.75 Å². The van der Waals surface area contributed by atoms with Gasteiger partial charge in [0.1, 0.15) is 5.75 Å². The molecule has 0 aliphatic heterocycles. The average molecular weight is 316 g/mol. The fraction of sp³-hybridized carbons (Fsp3) is 0.0667. The molecule has 0 bridgehead atoms. The van der Waals surface area contributed by atoms with E-state index in [2.05, 4.69) is 22.0 Å². The first-order valence-electron chi connectivity index (χ1n) is 5.59. The Morgan fingerprint density at radius 2 is 2.00 bits per heavy atom. The number of hydrogen-bond donors (Lipinski definition) is 0. The third-order valence-corrected chi connectivity index (χ3v) is 3.20. The lowest BCUT2D eigenvalue weighted by atomic mass is 10.0. The van der Waals surface area contributed by atoms with Crippen molar-refractivity contribution in [1.29, 1.82) is 5.26 Å². The second kappa shape index (κ2) is 5.68. The summed E-state index contributed by atoms with van der Waals surface area (Å²) in [4.78, 5) is 11.0. The van der Waals surface area contributed by atoms with Gasteiger partial charge in [0, 0.05) is 6.92 Å². The second-order valence-corrected chi connectivity index (χ2v) is 4.75. The van der Waals surface area contributed by atoms with Gasteiger partial charge in [0.05, 0.1) is 16.1 Å². The molecule has 0 fully saturated rings. The molecule has 0 saturated carbocycles. The monoisotopic (exact) mass is 315 g/mol. The number of hydrogen-bond acceptors (Lipinski definition) is 3. The summed E-state index contributed by atoms with van der Waals surface area (Å²) in [5.41, 5.74) is 2.22. The first kappa shape index (κ1) is 13.3. The van der Waals surface area contributed by atoms with Gasteiger partial charge < -0.3 is 4.74 Å². The summed E-state index contributed by atoms with van der Waals surface area (Å²) in [7, 11) is 0. The van der Waals surface area contributed by atoms with Crippen molar-refractivity contribution in [3.63, 3.8) is 0 Å². The van der Waals surface area contributed by atoms with Crippen LogP contribution in [-0.2, 0) is 4.79 Å². The minimum absolute atomic E-state index is 0.383. The van der Waals surface area contributed by atoms with E-state index in [1.807, 2.05) is 24.3 Å². The number of esters is 1. The lowest BCUT2D eigenvalue weighted by molar-refractivity contribution is -0.131. The zero-order valence-electron chi connectivity index (χ0n) is 10.2. The smallest absolute Gasteiger partial charge is 0.308 e. The van der Waals surface area contributed by atoms with Crippen molar-refractivity contribution < 1.29 is 9.53 Å². The molecule has 0 unspecified atom stereocenters. The first-order valence-corrected chi connectivity index (χ1v) is 6.38. The van der Waals surface area contributed by atoms with E-state index in [-0.39, 0.29) is 5.97 Å². The number of carbonyl (C=O) groups is 1. The molecule has 0 saturated heterocycles. The van der Waals surface area contributed by atoms with Crippen LogP contribution in [0.4, 0.5) is 0 Å². The minimum atomic E-state index is -0.383. The van der Waals surface area contributed by atoms with Crippen molar-refractivity contribution in [2.75, 3.05) is 0 Å². The molecule has 0 aliphatic rings. The number of carbonyl (C=O) groups excluding carboxylic acids is 1. The van der Waals surface area contributed by atoms with Gasteiger partial charge in [-0.25, -0.2) is 0 Å². The van der Waals surface area contributed by atoms with Crippen LogP contribution in [0.1, 0.15) is 12.5 Å². The van der Waals surface area contributed by atoms with E-state index in [0.29, 0.717) is 15.8 Å². The van der Waals surface area contributed by atoms with Crippen molar-refractivity contribution in [1.82, 2.24) is 0 Å². The van der Waals surface area contributed by atoms with E-state index in [1.54, 1.807) is 18.2 Å². The van der Waals surface area contributed by atoms with Gasteiger partial charge in [-0.2, -0.15) is 5.26 Å². The van der Waals surface area contributed by atoms with Gasteiger partial charge in [0.2, 0.25) is 0 Å². The van der Waals surface area contributed by atoms with Crippen LogP contribution < -0.4 is 4.74 Å². The molecular formula is C15H10BrNO2. The Labute approximate surface area is 119 Å². The lowest BCUT2D eigenvalue weighted by Crippen LogP contribution is -2.02. The molecule has 0 radical (unpaired) electrons. The van der Waals surface area contributed by atoms with E-state index < -0.39 is 0 Å². The molecule has 0 amide bonds. The van der Waals surface area contributed by atoms with Crippen LogP contribution >= 0.6 is 15.9 Å². The largest absolute Gasteiger partial charge is 0.425 e. The molecule has 4 heteroatoms. The summed E-state index contributed by atoms with van der Waals surface area (Å²) >= 11 is 3.32. The van der Waals surface area contributed by atoms with Gasteiger partial charge in [0.25, 0.3) is 0 Å². The average Bonchev–Trinajstić information content (AvgIpc) is 2.41. The third kappa shape index (κ3) is 3.01. The molecule has 2 aromatic carbocycles. The highest BCUT2D eigenvalue weighted by Gasteiger charge is 2.09. The number of ether oxygens (including phenoxy) is 1. The van der Waals surface area contributed by atoms with Crippen molar-refractivity contribution >= 4 is 21.9 Å². The summed E-state index contributed by atoms with van der Waals surface area (Å²) in [5.74, 6) is 0.0594. The van der Waals surface area contributed by atoms with Crippen molar-refractivity contribution in [3.05, 3.63) is 52.5 Å². The van der Waals surface area contributed by atoms with Crippen LogP contribution in [-0.4, -0.2) is 5.97 Å². The summed E-state index contributed by atoms with van der Waals surface area (Å²) < 4.78 is 5.81. The predicted octanol–water partition coefficient (Wildman–Crippen LogP) is 3.91. The van der Waals surface area contributed by atoms with E-state index in [4.69, 9.17) is 10.00 Å². The quantitative estimate of drug-likeness (QED) is 0.623. The van der Waals surface area contributed by atoms with Gasteiger partial charge in [-0.3, -0.25) is 4.79 Å². The topological polar surface area (TPSA) is 50.1 Å². The van der Waals surface area contributed by atoms with Gasteiger partial charge in [-0.05, 0) is 45.3 Å². The molecule has 0 heterocycles. The fourth-order valence-corrected chi connectivity index (χ4v) is 2.06. The van der Waals surface area contributed by atoms with Crippen LogP contribution in [0, 0.1) is 11.3 Å². The van der Waals surface area contributed by atoms with Crippen LogP contribution in [0.3, 0.4) is 0 Å². The van der Waals surface area contributed by atoms with E-state index in [1.165, 1.54) is 6.92 Å². The Balaban J connectivity index is 2.52. The molecule has 3 nitrogen and oxygen atoms in total. The highest BCUT2D eigenvalue weighted by atomic mass is 79.9. The van der Waals surface area contributed by atoms with Crippen molar-refractivity contribution in [2.24, 2.45) is 0 Å². The van der Waals surface area contributed by atoms with Crippen molar-refractivity contribution in [3.8, 4) is 22.9 Å². The molecule has 2 rings (SSSR count). The zero-order valence-corrected chi connectivity index (χ0v) is 11.8. The lowest BCUT2D eigenvalue weighted by Gasteiger charge is -2.08. The Hall–Kier alpha value is -2.12. The van der Waals surface area contributed by atoms with Gasteiger partial charge in [-0.1, -0.05) is 24.3 Å². The molecular weight excluding hydrogens is 306 g/mol. The van der Waals surface area contributed by atoms with E-state index in [9.17, 15) is 4.79 Å². The fourth-order valence-electron chi connectivity index (χ4n) is 1.74. The maximum absolute atomic E-state index is 11.0. The maximum atomic E-state index is 11.0. The molecule has 0 atom stereocenters. The van der Waals surface area contributed by atoms with Crippen LogP contribution in [0.15, 0.2) is 46.9 Å². The van der Waals surface area contributed by atoms with Gasteiger partial charge in [-0.15, -0.1) is 0 Å². The van der Waals surface area contributed by atoms with Crippen molar-refractivity contribution in [2.45, 2.75) is 6.92 Å². The highest BCUT2D eigenvalue weighted by molar-refractivity contribution is 9.10. The van der Waals surface area contributed by atoms with Crippen LogP contribution in [0.25, 0.3) is 11.1 Å². The summed E-state index contributed by atoms with van der Waals surface area (Å²) in [6.07, 6.45) is 0. The summed E-state index contributed by atoms with van der Waals surface area (Å²) in [5, 5.41) is 9.10. The molecule has 0 aliphatic carbocycles. The number of nitrogens with zero attached hydrogens (tertiary/aromatic N) is 1. The van der Waals surface area contributed by atoms with Crippen LogP contribution in [0.2, 0.25) is 0 Å².